The maximum absolute atomic E-state index is 14.0. The standard InChI is InChI=1S/C21H16ClFN2O3/c22-13-1-3-19(16(9-13)21(26)27)25-20-15-10-14(23)2-4-18(15)24-11-17(20)12-5-7-28-8-6-12/h1-5,9-11H,6-8H2,(H,24,25)(H,26,27). The normalized spacial score (nSPS) is 14.0. The minimum absolute atomic E-state index is 0.0285. The van der Waals surface area contributed by atoms with Crippen LogP contribution in [0.1, 0.15) is 22.3 Å². The summed E-state index contributed by atoms with van der Waals surface area (Å²) in [7, 11) is 0. The minimum atomic E-state index is -1.11. The second-order valence-corrected chi connectivity index (χ2v) is 6.82. The number of pyridine rings is 1. The number of ether oxygens (including phenoxy) is 1. The van der Waals surface area contributed by atoms with Crippen LogP contribution in [-0.4, -0.2) is 29.3 Å². The average molecular weight is 399 g/mol. The van der Waals surface area contributed by atoms with Crippen LogP contribution in [0, 0.1) is 5.82 Å². The fourth-order valence-electron chi connectivity index (χ4n) is 3.25. The lowest BCUT2D eigenvalue weighted by Crippen LogP contribution is -2.08. The summed E-state index contributed by atoms with van der Waals surface area (Å²) in [4.78, 5) is 16.1. The Hall–Kier alpha value is -2.96. The van der Waals surface area contributed by atoms with Crippen LogP contribution >= 0.6 is 11.6 Å². The number of hydrogen-bond donors (Lipinski definition) is 2. The van der Waals surface area contributed by atoms with Crippen molar-refractivity contribution in [3.8, 4) is 0 Å². The first-order valence-corrected chi connectivity index (χ1v) is 9.06. The molecule has 3 aromatic rings. The van der Waals surface area contributed by atoms with E-state index in [4.69, 9.17) is 16.3 Å². The molecule has 2 N–H and O–H groups in total. The van der Waals surface area contributed by atoms with E-state index >= 15 is 0 Å². The lowest BCUT2D eigenvalue weighted by Gasteiger charge is -2.20. The van der Waals surface area contributed by atoms with Gasteiger partial charge >= 0.3 is 5.97 Å². The Balaban J connectivity index is 1.92. The summed E-state index contributed by atoms with van der Waals surface area (Å²) in [5.41, 5.74) is 3.39. The number of aromatic nitrogens is 1. The van der Waals surface area contributed by atoms with Crippen molar-refractivity contribution in [2.24, 2.45) is 0 Å². The number of nitrogens with zero attached hydrogens (tertiary/aromatic N) is 1. The van der Waals surface area contributed by atoms with Gasteiger partial charge in [0.25, 0.3) is 0 Å². The van der Waals surface area contributed by atoms with E-state index in [9.17, 15) is 14.3 Å². The van der Waals surface area contributed by atoms with Gasteiger partial charge in [0.05, 0.1) is 35.7 Å². The third kappa shape index (κ3) is 3.56. The molecule has 0 radical (unpaired) electrons. The average Bonchev–Trinajstić information content (AvgIpc) is 2.70. The van der Waals surface area contributed by atoms with Gasteiger partial charge in [-0.25, -0.2) is 9.18 Å². The topological polar surface area (TPSA) is 71.5 Å². The van der Waals surface area contributed by atoms with Gasteiger partial charge in [-0.2, -0.15) is 0 Å². The van der Waals surface area contributed by atoms with Gasteiger partial charge in [-0.05, 0) is 48.4 Å². The summed E-state index contributed by atoms with van der Waals surface area (Å²) in [5, 5.41) is 13.6. The van der Waals surface area contributed by atoms with Crippen molar-refractivity contribution < 1.29 is 19.0 Å². The fraction of sp³-hybridized carbons (Fsp3) is 0.143. The van der Waals surface area contributed by atoms with Crippen molar-refractivity contribution in [2.45, 2.75) is 6.42 Å². The summed E-state index contributed by atoms with van der Waals surface area (Å²) in [6, 6.07) is 8.91. The van der Waals surface area contributed by atoms with Crippen molar-refractivity contribution in [1.29, 1.82) is 0 Å². The Morgan fingerprint density at radius 2 is 2.11 bits per heavy atom. The molecule has 0 saturated heterocycles. The summed E-state index contributed by atoms with van der Waals surface area (Å²) in [5.74, 6) is -1.51. The van der Waals surface area contributed by atoms with Gasteiger partial charge in [0.2, 0.25) is 0 Å². The van der Waals surface area contributed by atoms with Crippen LogP contribution in [-0.2, 0) is 4.74 Å². The minimum Gasteiger partial charge on any atom is -0.478 e. The lowest BCUT2D eigenvalue weighted by atomic mass is 9.98. The molecule has 142 valence electrons. The SMILES string of the molecule is O=C(O)c1cc(Cl)ccc1Nc1c(C2=CCOCC2)cnc2ccc(F)cc12. The van der Waals surface area contributed by atoms with Gasteiger partial charge < -0.3 is 15.2 Å². The number of aromatic carboxylic acids is 1. The zero-order chi connectivity index (χ0) is 19.7. The largest absolute Gasteiger partial charge is 0.478 e. The van der Waals surface area contributed by atoms with Crippen LogP contribution in [0.3, 0.4) is 0 Å². The van der Waals surface area contributed by atoms with Crippen molar-refractivity contribution >= 4 is 45.4 Å². The number of carboxylic acid groups (broad SMARTS) is 1. The third-order valence-electron chi connectivity index (χ3n) is 4.61. The number of carboxylic acids is 1. The van der Waals surface area contributed by atoms with E-state index in [1.807, 2.05) is 6.08 Å². The Morgan fingerprint density at radius 1 is 1.25 bits per heavy atom. The molecular weight excluding hydrogens is 383 g/mol. The second-order valence-electron chi connectivity index (χ2n) is 6.38. The maximum atomic E-state index is 14.0. The number of halogens is 2. The molecule has 1 aliphatic heterocycles. The van der Waals surface area contributed by atoms with Crippen molar-refractivity contribution in [2.75, 3.05) is 18.5 Å². The number of carbonyl (C=O) groups is 1. The Kier molecular flexibility index (Phi) is 4.98. The smallest absolute Gasteiger partial charge is 0.337 e. The van der Waals surface area contributed by atoms with Crippen molar-refractivity contribution in [3.63, 3.8) is 0 Å². The number of anilines is 2. The molecule has 5 nitrogen and oxygen atoms in total. The summed E-state index contributed by atoms with van der Waals surface area (Å²) in [6.45, 7) is 1.06. The first-order chi connectivity index (χ1) is 13.5. The van der Waals surface area contributed by atoms with E-state index < -0.39 is 11.8 Å². The highest BCUT2D eigenvalue weighted by Crippen LogP contribution is 2.36. The van der Waals surface area contributed by atoms with E-state index in [0.29, 0.717) is 46.9 Å². The summed E-state index contributed by atoms with van der Waals surface area (Å²) >= 11 is 5.96. The Morgan fingerprint density at radius 3 is 2.86 bits per heavy atom. The first-order valence-electron chi connectivity index (χ1n) is 8.68. The molecule has 0 spiro atoms. The zero-order valence-corrected chi connectivity index (χ0v) is 15.5. The van der Waals surface area contributed by atoms with Crippen LogP contribution in [0.2, 0.25) is 5.02 Å². The highest BCUT2D eigenvalue weighted by Gasteiger charge is 2.18. The number of rotatable bonds is 4. The number of fused-ring (bicyclic) bond motifs is 1. The highest BCUT2D eigenvalue weighted by atomic mass is 35.5. The molecule has 28 heavy (non-hydrogen) atoms. The number of hydrogen-bond acceptors (Lipinski definition) is 4. The van der Waals surface area contributed by atoms with Gasteiger partial charge in [0.1, 0.15) is 5.82 Å². The molecule has 1 aliphatic rings. The molecule has 7 heteroatoms. The molecule has 0 bridgehead atoms. The molecular formula is C21H16ClFN2O3. The van der Waals surface area contributed by atoms with Gasteiger partial charge in [-0.3, -0.25) is 4.98 Å². The molecule has 2 aromatic carbocycles. The molecule has 0 amide bonds. The third-order valence-corrected chi connectivity index (χ3v) is 4.85. The van der Waals surface area contributed by atoms with E-state index in [-0.39, 0.29) is 5.56 Å². The number of nitrogens with one attached hydrogen (secondary N) is 1. The summed E-state index contributed by atoms with van der Waals surface area (Å²) in [6.07, 6.45) is 4.36. The van der Waals surface area contributed by atoms with E-state index in [1.165, 1.54) is 18.2 Å². The summed E-state index contributed by atoms with van der Waals surface area (Å²) < 4.78 is 19.4. The molecule has 0 aliphatic carbocycles. The maximum Gasteiger partial charge on any atom is 0.337 e. The van der Waals surface area contributed by atoms with Crippen molar-refractivity contribution in [3.05, 3.63) is 70.6 Å². The van der Waals surface area contributed by atoms with Gasteiger partial charge in [-0.15, -0.1) is 0 Å². The van der Waals surface area contributed by atoms with Crippen LogP contribution in [0.4, 0.5) is 15.8 Å². The predicted molar refractivity (Wildman–Crippen MR) is 107 cm³/mol. The fourth-order valence-corrected chi connectivity index (χ4v) is 3.42. The second kappa shape index (κ2) is 7.58. The molecule has 4 rings (SSSR count). The van der Waals surface area contributed by atoms with Gasteiger partial charge in [0, 0.05) is 22.2 Å². The molecule has 0 atom stereocenters. The Labute approximate surface area is 165 Å². The van der Waals surface area contributed by atoms with E-state index in [0.717, 1.165) is 11.1 Å². The molecule has 0 saturated carbocycles. The predicted octanol–water partition coefficient (Wildman–Crippen LogP) is 5.27. The van der Waals surface area contributed by atoms with Crippen LogP contribution in [0.5, 0.6) is 0 Å². The number of benzene rings is 2. The monoisotopic (exact) mass is 398 g/mol. The lowest BCUT2D eigenvalue weighted by molar-refractivity contribution is 0.0698. The first kappa shape index (κ1) is 18.4. The quantitative estimate of drug-likeness (QED) is 0.626. The molecule has 0 fully saturated rings. The van der Waals surface area contributed by atoms with E-state index in [1.54, 1.807) is 24.4 Å². The van der Waals surface area contributed by atoms with Crippen LogP contribution in [0.15, 0.2) is 48.7 Å². The van der Waals surface area contributed by atoms with Crippen LogP contribution in [0.25, 0.3) is 16.5 Å². The van der Waals surface area contributed by atoms with Crippen LogP contribution < -0.4 is 5.32 Å². The van der Waals surface area contributed by atoms with E-state index in [2.05, 4.69) is 10.3 Å². The zero-order valence-electron chi connectivity index (χ0n) is 14.7. The molecule has 1 aromatic heterocycles. The molecule has 0 unspecified atom stereocenters. The Bertz CT molecular complexity index is 1110. The van der Waals surface area contributed by atoms with Gasteiger partial charge in [0.15, 0.2) is 0 Å². The highest BCUT2D eigenvalue weighted by molar-refractivity contribution is 6.31. The molecule has 2 heterocycles. The van der Waals surface area contributed by atoms with Crippen molar-refractivity contribution in [1.82, 2.24) is 4.98 Å². The van der Waals surface area contributed by atoms with Gasteiger partial charge in [-0.1, -0.05) is 17.7 Å².